The van der Waals surface area contributed by atoms with E-state index in [1.54, 1.807) is 12.1 Å². The van der Waals surface area contributed by atoms with Gasteiger partial charge in [0, 0.05) is 5.56 Å². The van der Waals surface area contributed by atoms with Crippen LogP contribution in [0.3, 0.4) is 0 Å². The average molecular weight is 417 g/mol. The maximum atomic E-state index is 12.9. The van der Waals surface area contributed by atoms with Crippen molar-refractivity contribution < 1.29 is 31.6 Å². The lowest BCUT2D eigenvalue weighted by molar-refractivity contribution is 0.0474. The lowest BCUT2D eigenvalue weighted by Crippen LogP contribution is -2.23. The number of nitrogens with one attached hydrogen (secondary N) is 1. The molecular formula is C20H16FNO6S. The molecule has 0 spiro atoms. The summed E-state index contributed by atoms with van der Waals surface area (Å²) in [4.78, 5) is 24.0. The fourth-order valence-electron chi connectivity index (χ4n) is 2.37. The van der Waals surface area contributed by atoms with Crippen LogP contribution in [0.4, 0.5) is 4.39 Å². The molecule has 0 aliphatic rings. The van der Waals surface area contributed by atoms with E-state index in [4.69, 9.17) is 9.15 Å². The van der Waals surface area contributed by atoms with E-state index in [2.05, 4.69) is 4.72 Å². The Morgan fingerprint density at radius 2 is 1.62 bits per heavy atom. The first-order valence-electron chi connectivity index (χ1n) is 8.43. The minimum Gasteiger partial charge on any atom is -0.468 e. The number of esters is 1. The van der Waals surface area contributed by atoms with Crippen molar-refractivity contribution in [1.82, 2.24) is 4.72 Å². The molecule has 1 heterocycles. The Bertz CT molecular complexity index is 1090. The Morgan fingerprint density at radius 1 is 0.966 bits per heavy atom. The van der Waals surface area contributed by atoms with Gasteiger partial charge in [0.1, 0.15) is 11.6 Å². The van der Waals surface area contributed by atoms with Crippen LogP contribution in [-0.4, -0.2) is 26.8 Å². The van der Waals surface area contributed by atoms with Crippen LogP contribution in [0.5, 0.6) is 0 Å². The van der Waals surface area contributed by atoms with Gasteiger partial charge in [0.2, 0.25) is 10.0 Å². The van der Waals surface area contributed by atoms with Gasteiger partial charge in [0.25, 0.3) is 0 Å². The predicted octanol–water partition coefficient (Wildman–Crippen LogP) is 2.94. The van der Waals surface area contributed by atoms with Gasteiger partial charge in [0.15, 0.2) is 12.4 Å². The Hall–Kier alpha value is -3.30. The highest BCUT2D eigenvalue weighted by atomic mass is 32.2. The topological polar surface area (TPSA) is 103 Å². The number of ketones is 1. The molecule has 0 aliphatic carbocycles. The lowest BCUT2D eigenvalue weighted by atomic mass is 10.1. The van der Waals surface area contributed by atoms with Crippen molar-refractivity contribution >= 4 is 21.8 Å². The van der Waals surface area contributed by atoms with Crippen molar-refractivity contribution in [3.8, 4) is 0 Å². The Labute approximate surface area is 166 Å². The molecule has 0 saturated heterocycles. The summed E-state index contributed by atoms with van der Waals surface area (Å²) in [6.45, 7) is -0.528. The fourth-order valence-corrected chi connectivity index (χ4v) is 3.36. The quantitative estimate of drug-likeness (QED) is 0.447. The second kappa shape index (κ2) is 8.80. The van der Waals surface area contributed by atoms with E-state index in [0.29, 0.717) is 5.76 Å². The van der Waals surface area contributed by atoms with Crippen molar-refractivity contribution in [1.29, 1.82) is 0 Å². The SMILES string of the molecule is O=C(COC(=O)c1ccc(S(=O)(=O)NCc2ccco2)cc1)c1ccc(F)cc1. The zero-order chi connectivity index (χ0) is 20.9. The molecule has 3 rings (SSSR count). The van der Waals surface area contributed by atoms with Gasteiger partial charge >= 0.3 is 5.97 Å². The number of rotatable bonds is 8. The van der Waals surface area contributed by atoms with Crippen molar-refractivity contribution in [3.05, 3.63) is 89.6 Å². The normalized spacial score (nSPS) is 11.2. The number of halogens is 1. The Morgan fingerprint density at radius 3 is 2.24 bits per heavy atom. The molecular weight excluding hydrogens is 401 g/mol. The number of Topliss-reactive ketones (excluding diaryl/α,β-unsaturated/α-hetero) is 1. The average Bonchev–Trinajstić information content (AvgIpc) is 3.25. The van der Waals surface area contributed by atoms with Gasteiger partial charge in [-0.3, -0.25) is 4.79 Å². The summed E-state index contributed by atoms with van der Waals surface area (Å²) >= 11 is 0. The van der Waals surface area contributed by atoms with Crippen LogP contribution in [0.25, 0.3) is 0 Å². The van der Waals surface area contributed by atoms with Gasteiger partial charge in [-0.25, -0.2) is 22.3 Å². The molecule has 3 aromatic rings. The molecule has 2 aromatic carbocycles. The summed E-state index contributed by atoms with van der Waals surface area (Å²) in [6, 6.07) is 13.2. The van der Waals surface area contributed by atoms with Gasteiger partial charge < -0.3 is 9.15 Å². The molecule has 0 amide bonds. The van der Waals surface area contributed by atoms with Gasteiger partial charge in [-0.05, 0) is 60.7 Å². The summed E-state index contributed by atoms with van der Waals surface area (Å²) < 4.78 is 49.8. The van der Waals surface area contributed by atoms with E-state index in [9.17, 15) is 22.4 Å². The summed E-state index contributed by atoms with van der Waals surface area (Å²) in [7, 11) is -3.79. The number of sulfonamides is 1. The minimum atomic E-state index is -3.79. The largest absolute Gasteiger partial charge is 0.468 e. The molecule has 9 heteroatoms. The summed E-state index contributed by atoms with van der Waals surface area (Å²) in [6.07, 6.45) is 1.44. The van der Waals surface area contributed by atoms with E-state index in [0.717, 1.165) is 12.1 Å². The number of benzene rings is 2. The van der Waals surface area contributed by atoms with Crippen LogP contribution in [0.2, 0.25) is 0 Å². The first kappa shape index (κ1) is 20.4. The van der Waals surface area contributed by atoms with Gasteiger partial charge in [-0.2, -0.15) is 0 Å². The van der Waals surface area contributed by atoms with Crippen molar-refractivity contribution in [2.24, 2.45) is 0 Å². The highest BCUT2D eigenvalue weighted by molar-refractivity contribution is 7.89. The molecule has 150 valence electrons. The molecule has 0 unspecified atom stereocenters. The van der Waals surface area contributed by atoms with E-state index in [-0.39, 0.29) is 22.6 Å². The summed E-state index contributed by atoms with van der Waals surface area (Å²) in [5, 5.41) is 0. The van der Waals surface area contributed by atoms with E-state index in [1.165, 1.54) is 42.7 Å². The molecule has 0 aliphatic heterocycles. The maximum absolute atomic E-state index is 12.9. The van der Waals surface area contributed by atoms with Gasteiger partial charge in [-0.15, -0.1) is 0 Å². The summed E-state index contributed by atoms with van der Waals surface area (Å²) in [5.41, 5.74) is 0.296. The first-order chi connectivity index (χ1) is 13.8. The Balaban J connectivity index is 1.58. The number of ether oxygens (including phenoxy) is 1. The third kappa shape index (κ3) is 5.37. The molecule has 1 N–H and O–H groups in total. The number of carbonyl (C=O) groups is 2. The maximum Gasteiger partial charge on any atom is 0.338 e. The Kier molecular flexibility index (Phi) is 6.20. The second-order valence-corrected chi connectivity index (χ2v) is 7.70. The third-order valence-electron chi connectivity index (χ3n) is 3.92. The molecule has 29 heavy (non-hydrogen) atoms. The van der Waals surface area contributed by atoms with E-state index >= 15 is 0 Å². The van der Waals surface area contributed by atoms with Gasteiger partial charge in [0.05, 0.1) is 23.3 Å². The minimum absolute atomic E-state index is 0.00930. The zero-order valence-electron chi connectivity index (χ0n) is 15.0. The van der Waals surface area contributed by atoms with Gasteiger partial charge in [-0.1, -0.05) is 0 Å². The monoisotopic (exact) mass is 417 g/mol. The van der Waals surface area contributed by atoms with Crippen LogP contribution in [0.1, 0.15) is 26.5 Å². The fraction of sp³-hybridized carbons (Fsp3) is 0.100. The van der Waals surface area contributed by atoms with Crippen molar-refractivity contribution in [2.75, 3.05) is 6.61 Å². The number of hydrogen-bond acceptors (Lipinski definition) is 6. The van der Waals surface area contributed by atoms with E-state index in [1.807, 2.05) is 0 Å². The molecule has 1 aromatic heterocycles. The van der Waals surface area contributed by atoms with Crippen LogP contribution in [-0.2, 0) is 21.3 Å². The van der Waals surface area contributed by atoms with Crippen LogP contribution >= 0.6 is 0 Å². The standard InChI is InChI=1S/C20H16FNO6S/c21-16-7-3-14(4-8-16)19(23)13-28-20(24)15-5-9-18(10-6-15)29(25,26)22-12-17-2-1-11-27-17/h1-11,22H,12-13H2. The van der Waals surface area contributed by atoms with E-state index < -0.39 is 34.2 Å². The molecule has 0 saturated carbocycles. The van der Waals surface area contributed by atoms with Crippen molar-refractivity contribution in [3.63, 3.8) is 0 Å². The van der Waals surface area contributed by atoms with Crippen LogP contribution < -0.4 is 4.72 Å². The smallest absolute Gasteiger partial charge is 0.338 e. The molecule has 0 fully saturated rings. The van der Waals surface area contributed by atoms with Crippen LogP contribution in [0, 0.1) is 5.82 Å². The molecule has 0 atom stereocenters. The number of carbonyl (C=O) groups excluding carboxylic acids is 2. The second-order valence-electron chi connectivity index (χ2n) is 5.93. The highest BCUT2D eigenvalue weighted by Gasteiger charge is 2.17. The number of furan rings is 1. The molecule has 0 radical (unpaired) electrons. The zero-order valence-corrected chi connectivity index (χ0v) is 15.8. The molecule has 7 nitrogen and oxygen atoms in total. The summed E-state index contributed by atoms with van der Waals surface area (Å²) in [5.74, 6) is -1.29. The lowest BCUT2D eigenvalue weighted by Gasteiger charge is -2.07. The van der Waals surface area contributed by atoms with Crippen molar-refractivity contribution in [2.45, 2.75) is 11.4 Å². The predicted molar refractivity (Wildman–Crippen MR) is 100 cm³/mol. The highest BCUT2D eigenvalue weighted by Crippen LogP contribution is 2.13. The number of hydrogen-bond donors (Lipinski definition) is 1. The first-order valence-corrected chi connectivity index (χ1v) is 9.91. The molecule has 0 bridgehead atoms. The van der Waals surface area contributed by atoms with Crippen LogP contribution in [0.15, 0.2) is 76.2 Å². The third-order valence-corrected chi connectivity index (χ3v) is 5.33.